The summed E-state index contributed by atoms with van der Waals surface area (Å²) in [5, 5.41) is 13.3. The summed E-state index contributed by atoms with van der Waals surface area (Å²) in [6, 6.07) is 28.7. The van der Waals surface area contributed by atoms with Gasteiger partial charge in [0.15, 0.2) is 11.0 Å². The van der Waals surface area contributed by atoms with Gasteiger partial charge in [0, 0.05) is 17.9 Å². The van der Waals surface area contributed by atoms with Gasteiger partial charge in [-0.3, -0.25) is 9.36 Å². The first-order valence-corrected chi connectivity index (χ1v) is 13.6. The molecule has 1 atom stereocenters. The molecule has 3 aromatic carbocycles. The zero-order chi connectivity index (χ0) is 25.2. The highest BCUT2D eigenvalue weighted by atomic mass is 32.2. The van der Waals surface area contributed by atoms with Crippen molar-refractivity contribution in [2.45, 2.75) is 62.9 Å². The minimum atomic E-state index is -0.290. The van der Waals surface area contributed by atoms with E-state index in [1.165, 1.54) is 11.1 Å². The second-order valence-electron chi connectivity index (χ2n) is 9.05. The number of nitrogens with one attached hydrogen (secondary N) is 1. The zero-order valence-corrected chi connectivity index (χ0v) is 21.9. The second kappa shape index (κ2) is 13.1. The number of amides is 1. The Bertz CT molecular complexity index is 1220. The van der Waals surface area contributed by atoms with Crippen LogP contribution >= 0.6 is 11.8 Å². The van der Waals surface area contributed by atoms with Gasteiger partial charge in [-0.1, -0.05) is 110 Å². The zero-order valence-electron chi connectivity index (χ0n) is 21.1. The van der Waals surface area contributed by atoms with Crippen molar-refractivity contribution in [2.24, 2.45) is 0 Å². The quantitative estimate of drug-likeness (QED) is 0.171. The average molecular weight is 499 g/mol. The molecular formula is C30H34N4OS. The lowest BCUT2D eigenvalue weighted by atomic mass is 10.0. The Morgan fingerprint density at radius 1 is 0.889 bits per heavy atom. The second-order valence-corrected chi connectivity index (χ2v) is 10.00. The number of hydrogen-bond donors (Lipinski definition) is 1. The molecule has 0 bridgehead atoms. The maximum Gasteiger partial charge on any atom is 0.220 e. The topological polar surface area (TPSA) is 59.8 Å². The molecule has 5 nitrogen and oxygen atoms in total. The van der Waals surface area contributed by atoms with Gasteiger partial charge in [-0.05, 0) is 43.0 Å². The van der Waals surface area contributed by atoms with Crippen molar-refractivity contribution in [2.75, 3.05) is 0 Å². The van der Waals surface area contributed by atoms with Gasteiger partial charge < -0.3 is 5.32 Å². The molecular weight excluding hydrogens is 464 g/mol. The third-order valence-electron chi connectivity index (χ3n) is 6.10. The fourth-order valence-electron chi connectivity index (χ4n) is 4.12. The number of rotatable bonds is 12. The van der Waals surface area contributed by atoms with Crippen molar-refractivity contribution in [1.82, 2.24) is 20.1 Å². The van der Waals surface area contributed by atoms with Crippen molar-refractivity contribution < 1.29 is 4.79 Å². The fourth-order valence-corrected chi connectivity index (χ4v) is 5.03. The van der Waals surface area contributed by atoms with E-state index in [4.69, 9.17) is 0 Å². The van der Waals surface area contributed by atoms with Crippen molar-refractivity contribution >= 4 is 17.7 Å². The minimum absolute atomic E-state index is 0.0568. The first-order chi connectivity index (χ1) is 17.6. The number of nitrogens with zero attached hydrogens (tertiary/aromatic N) is 3. The van der Waals surface area contributed by atoms with Gasteiger partial charge in [-0.15, -0.1) is 10.2 Å². The first kappa shape index (κ1) is 25.7. The van der Waals surface area contributed by atoms with Crippen LogP contribution in [0.15, 0.2) is 90.1 Å². The highest BCUT2D eigenvalue weighted by Gasteiger charge is 2.25. The van der Waals surface area contributed by atoms with Gasteiger partial charge in [-0.2, -0.15) is 0 Å². The number of carbonyl (C=O) groups excluding carboxylic acids is 1. The number of carbonyl (C=O) groups is 1. The summed E-state index contributed by atoms with van der Waals surface area (Å²) in [6.07, 6.45) is 4.20. The number of hydrogen-bond acceptors (Lipinski definition) is 4. The van der Waals surface area contributed by atoms with Crippen LogP contribution in [0.1, 0.15) is 61.2 Å². The summed E-state index contributed by atoms with van der Waals surface area (Å²) >= 11 is 1.66. The van der Waals surface area contributed by atoms with E-state index in [1.807, 2.05) is 24.3 Å². The molecule has 0 spiro atoms. The number of thioether (sulfide) groups is 1. The Hall–Kier alpha value is -3.38. The molecule has 1 amide bonds. The molecule has 1 N–H and O–H groups in total. The Morgan fingerprint density at radius 2 is 1.56 bits per heavy atom. The predicted octanol–water partition coefficient (Wildman–Crippen LogP) is 6.85. The highest BCUT2D eigenvalue weighted by Crippen LogP contribution is 2.29. The predicted molar refractivity (Wildman–Crippen MR) is 147 cm³/mol. The van der Waals surface area contributed by atoms with E-state index in [1.54, 1.807) is 11.8 Å². The molecule has 186 valence electrons. The van der Waals surface area contributed by atoms with Crippen LogP contribution in [-0.2, 0) is 17.0 Å². The maximum absolute atomic E-state index is 12.9. The van der Waals surface area contributed by atoms with Crippen LogP contribution in [0, 0.1) is 6.92 Å². The molecule has 0 fully saturated rings. The molecule has 1 aromatic heterocycles. The van der Waals surface area contributed by atoms with E-state index in [0.717, 1.165) is 47.2 Å². The minimum Gasteiger partial charge on any atom is -0.346 e. The Labute approximate surface area is 218 Å². The van der Waals surface area contributed by atoms with Gasteiger partial charge in [0.1, 0.15) is 0 Å². The Morgan fingerprint density at radius 3 is 2.22 bits per heavy atom. The fraction of sp³-hybridized carbons (Fsp3) is 0.300. The summed E-state index contributed by atoms with van der Waals surface area (Å²) in [7, 11) is 0. The van der Waals surface area contributed by atoms with Crippen LogP contribution in [0.3, 0.4) is 0 Å². The normalized spacial score (nSPS) is 11.8. The van der Waals surface area contributed by atoms with Crippen molar-refractivity contribution in [3.63, 3.8) is 0 Å². The Kier molecular flexibility index (Phi) is 9.33. The van der Waals surface area contributed by atoms with E-state index in [9.17, 15) is 4.79 Å². The molecule has 6 heteroatoms. The molecule has 1 heterocycles. The van der Waals surface area contributed by atoms with Crippen molar-refractivity contribution in [3.8, 4) is 5.69 Å². The van der Waals surface area contributed by atoms with Crippen molar-refractivity contribution in [1.29, 1.82) is 0 Å². The molecule has 0 aliphatic carbocycles. The standard InChI is InChI=1S/C30H34N4OS/c1-3-4-7-16-28(35)31-27(21-24-12-8-5-9-13-24)29-32-33-30(36-22-25-14-10-6-11-15-25)34(29)26-19-17-23(2)18-20-26/h5-6,8-15,17-20,27H,3-4,7,16,21-22H2,1-2H3,(H,31,35). The van der Waals surface area contributed by atoms with E-state index in [0.29, 0.717) is 12.8 Å². The van der Waals surface area contributed by atoms with Crippen LogP contribution in [-0.4, -0.2) is 20.7 Å². The van der Waals surface area contributed by atoms with E-state index in [-0.39, 0.29) is 11.9 Å². The first-order valence-electron chi connectivity index (χ1n) is 12.7. The number of aromatic nitrogens is 3. The summed E-state index contributed by atoms with van der Waals surface area (Å²) < 4.78 is 2.10. The summed E-state index contributed by atoms with van der Waals surface area (Å²) in [5.74, 6) is 1.60. The third kappa shape index (κ3) is 7.08. The molecule has 4 rings (SSSR count). The van der Waals surface area contributed by atoms with E-state index in [2.05, 4.69) is 94.6 Å². The van der Waals surface area contributed by atoms with Gasteiger partial charge in [0.25, 0.3) is 0 Å². The lowest BCUT2D eigenvalue weighted by Gasteiger charge is -2.20. The maximum atomic E-state index is 12.9. The number of unbranched alkanes of at least 4 members (excludes halogenated alkanes) is 2. The average Bonchev–Trinajstić information content (AvgIpc) is 3.33. The molecule has 0 aliphatic heterocycles. The summed E-state index contributed by atoms with van der Waals surface area (Å²) in [4.78, 5) is 12.9. The smallest absolute Gasteiger partial charge is 0.220 e. The van der Waals surface area contributed by atoms with Crippen molar-refractivity contribution in [3.05, 3.63) is 107 Å². The molecule has 0 radical (unpaired) electrons. The summed E-state index contributed by atoms with van der Waals surface area (Å²) in [5.41, 5.74) is 4.56. The lowest BCUT2D eigenvalue weighted by molar-refractivity contribution is -0.122. The number of benzene rings is 3. The highest BCUT2D eigenvalue weighted by molar-refractivity contribution is 7.98. The van der Waals surface area contributed by atoms with Gasteiger partial charge in [0.05, 0.1) is 6.04 Å². The molecule has 0 saturated heterocycles. The van der Waals surface area contributed by atoms with E-state index < -0.39 is 0 Å². The van der Waals surface area contributed by atoms with Crippen LogP contribution in [0.4, 0.5) is 0 Å². The SMILES string of the molecule is CCCCCC(=O)NC(Cc1ccccc1)c1nnc(SCc2ccccc2)n1-c1ccc(C)cc1. The van der Waals surface area contributed by atoms with Gasteiger partial charge in [0.2, 0.25) is 5.91 Å². The summed E-state index contributed by atoms with van der Waals surface area (Å²) in [6.45, 7) is 4.23. The third-order valence-corrected chi connectivity index (χ3v) is 7.10. The Balaban J connectivity index is 1.68. The van der Waals surface area contributed by atoms with Gasteiger partial charge >= 0.3 is 0 Å². The van der Waals surface area contributed by atoms with Crippen LogP contribution in [0.2, 0.25) is 0 Å². The lowest BCUT2D eigenvalue weighted by Crippen LogP contribution is -2.31. The molecule has 36 heavy (non-hydrogen) atoms. The molecule has 1 unspecified atom stereocenters. The molecule has 0 saturated carbocycles. The van der Waals surface area contributed by atoms with Crippen LogP contribution in [0.25, 0.3) is 5.69 Å². The number of aryl methyl sites for hydroxylation is 1. The largest absolute Gasteiger partial charge is 0.346 e. The van der Waals surface area contributed by atoms with Crippen LogP contribution in [0.5, 0.6) is 0 Å². The molecule has 0 aliphatic rings. The van der Waals surface area contributed by atoms with Gasteiger partial charge in [-0.25, -0.2) is 0 Å². The van der Waals surface area contributed by atoms with Crippen LogP contribution < -0.4 is 5.32 Å². The monoisotopic (exact) mass is 498 g/mol. The molecule has 4 aromatic rings. The van der Waals surface area contributed by atoms with E-state index >= 15 is 0 Å².